The van der Waals surface area contributed by atoms with Crippen LogP contribution in [0.4, 0.5) is 5.69 Å². The Morgan fingerprint density at radius 2 is 1.86 bits per heavy atom. The minimum atomic E-state index is 0.738. The van der Waals surface area contributed by atoms with Gasteiger partial charge in [-0.25, -0.2) is 0 Å². The Labute approximate surface area is 130 Å². The van der Waals surface area contributed by atoms with Gasteiger partial charge in [-0.05, 0) is 37.3 Å². The lowest BCUT2D eigenvalue weighted by atomic mass is 9.86. The molecule has 0 radical (unpaired) electrons. The molecule has 21 heavy (non-hydrogen) atoms. The average molecular weight is 288 g/mol. The van der Waals surface area contributed by atoms with Crippen LogP contribution in [0.25, 0.3) is 0 Å². The number of hydrogen-bond donors (Lipinski definition) is 1. The van der Waals surface area contributed by atoms with E-state index in [2.05, 4.69) is 54.4 Å². The smallest absolute Gasteiger partial charge is 0.0366 e. The van der Waals surface area contributed by atoms with E-state index < -0.39 is 0 Å². The molecule has 1 N–H and O–H groups in total. The molecule has 0 saturated heterocycles. The van der Waals surface area contributed by atoms with Crippen molar-refractivity contribution in [2.75, 3.05) is 24.5 Å². The lowest BCUT2D eigenvalue weighted by Crippen LogP contribution is -2.42. The van der Waals surface area contributed by atoms with Crippen LogP contribution in [-0.2, 0) is 0 Å². The summed E-state index contributed by atoms with van der Waals surface area (Å²) in [5, 5.41) is 3.81. The van der Waals surface area contributed by atoms with E-state index in [0.29, 0.717) is 0 Å². The molecule has 118 valence electrons. The molecule has 2 nitrogen and oxygen atoms in total. The van der Waals surface area contributed by atoms with Crippen LogP contribution in [0.5, 0.6) is 0 Å². The number of unbranched alkanes of at least 4 members (excludes halogenated alkanes) is 1. The fourth-order valence-electron chi connectivity index (χ4n) is 3.36. The Kier molecular flexibility index (Phi) is 7.08. The maximum absolute atomic E-state index is 3.81. The fourth-order valence-corrected chi connectivity index (χ4v) is 3.36. The lowest BCUT2D eigenvalue weighted by molar-refractivity contribution is 0.282. The minimum Gasteiger partial charge on any atom is -0.370 e. The summed E-state index contributed by atoms with van der Waals surface area (Å²) in [7, 11) is 0. The van der Waals surface area contributed by atoms with Gasteiger partial charge in [-0.3, -0.25) is 0 Å². The highest BCUT2D eigenvalue weighted by Gasteiger charge is 2.20. The van der Waals surface area contributed by atoms with Crippen LogP contribution in [0.15, 0.2) is 30.3 Å². The number of nitrogens with one attached hydrogen (secondary N) is 1. The summed E-state index contributed by atoms with van der Waals surface area (Å²) >= 11 is 0. The second-order valence-corrected chi connectivity index (χ2v) is 6.50. The molecule has 1 aromatic carbocycles. The molecule has 1 saturated carbocycles. The molecule has 0 aromatic heterocycles. The second-order valence-electron chi connectivity index (χ2n) is 6.50. The molecule has 2 rings (SSSR count). The van der Waals surface area contributed by atoms with Crippen molar-refractivity contribution in [2.45, 2.75) is 58.4 Å². The molecular weight excluding hydrogens is 256 g/mol. The van der Waals surface area contributed by atoms with Crippen molar-refractivity contribution in [3.05, 3.63) is 30.3 Å². The van der Waals surface area contributed by atoms with E-state index in [4.69, 9.17) is 0 Å². The first kappa shape index (κ1) is 16.4. The third-order valence-corrected chi connectivity index (χ3v) is 4.80. The van der Waals surface area contributed by atoms with Crippen LogP contribution in [0.1, 0.15) is 52.4 Å². The predicted molar refractivity (Wildman–Crippen MR) is 93.0 cm³/mol. The zero-order chi connectivity index (χ0) is 14.9. The Hall–Kier alpha value is -1.02. The van der Waals surface area contributed by atoms with Gasteiger partial charge in [-0.1, -0.05) is 51.3 Å². The van der Waals surface area contributed by atoms with E-state index in [9.17, 15) is 0 Å². The van der Waals surface area contributed by atoms with Gasteiger partial charge >= 0.3 is 0 Å². The molecule has 0 aliphatic heterocycles. The van der Waals surface area contributed by atoms with Gasteiger partial charge in [0.1, 0.15) is 0 Å². The third-order valence-electron chi connectivity index (χ3n) is 4.80. The van der Waals surface area contributed by atoms with Crippen LogP contribution in [-0.4, -0.2) is 25.7 Å². The Bertz CT molecular complexity index is 376. The highest BCUT2D eigenvalue weighted by molar-refractivity contribution is 5.45. The van der Waals surface area contributed by atoms with Gasteiger partial charge in [0.2, 0.25) is 0 Å². The van der Waals surface area contributed by atoms with Crippen molar-refractivity contribution in [1.29, 1.82) is 0 Å². The first-order valence-corrected chi connectivity index (χ1v) is 8.84. The first-order valence-electron chi connectivity index (χ1n) is 8.84. The molecule has 0 spiro atoms. The normalized spacial score (nSPS) is 22.2. The molecule has 1 aromatic rings. The van der Waals surface area contributed by atoms with Gasteiger partial charge in [-0.2, -0.15) is 0 Å². The molecule has 2 atom stereocenters. The number of nitrogens with zero attached hydrogens (tertiary/aromatic N) is 1. The van der Waals surface area contributed by atoms with E-state index in [1.807, 2.05) is 0 Å². The minimum absolute atomic E-state index is 0.738. The zero-order valence-corrected chi connectivity index (χ0v) is 13.9. The number of rotatable bonds is 8. The maximum atomic E-state index is 3.81. The highest BCUT2D eigenvalue weighted by Crippen LogP contribution is 2.23. The summed E-state index contributed by atoms with van der Waals surface area (Å²) in [6.07, 6.45) is 8.12. The van der Waals surface area contributed by atoms with Crippen molar-refractivity contribution < 1.29 is 0 Å². The number of benzene rings is 1. The highest BCUT2D eigenvalue weighted by atomic mass is 15.1. The standard InChI is InChI=1S/C19H32N2/c1-3-4-15-21(18-11-6-5-7-12-18)16-14-20-19-13-9-8-10-17(19)2/h5-7,11-12,17,19-20H,3-4,8-10,13-16H2,1-2H3. The summed E-state index contributed by atoms with van der Waals surface area (Å²) < 4.78 is 0. The van der Waals surface area contributed by atoms with Gasteiger partial charge in [0, 0.05) is 31.4 Å². The Morgan fingerprint density at radius 1 is 1.10 bits per heavy atom. The van der Waals surface area contributed by atoms with Crippen molar-refractivity contribution in [1.82, 2.24) is 5.32 Å². The third kappa shape index (κ3) is 5.35. The fraction of sp³-hybridized carbons (Fsp3) is 0.684. The number of para-hydroxylation sites is 1. The summed E-state index contributed by atoms with van der Waals surface area (Å²) in [5.41, 5.74) is 1.37. The molecule has 1 fully saturated rings. The second kappa shape index (κ2) is 9.09. The van der Waals surface area contributed by atoms with E-state index >= 15 is 0 Å². The molecule has 2 unspecified atom stereocenters. The Morgan fingerprint density at radius 3 is 2.57 bits per heavy atom. The number of anilines is 1. The van der Waals surface area contributed by atoms with Crippen molar-refractivity contribution in [2.24, 2.45) is 5.92 Å². The van der Waals surface area contributed by atoms with E-state index in [1.54, 1.807) is 0 Å². The van der Waals surface area contributed by atoms with E-state index in [1.165, 1.54) is 50.8 Å². The van der Waals surface area contributed by atoms with E-state index in [-0.39, 0.29) is 0 Å². The van der Waals surface area contributed by atoms with Crippen LogP contribution in [0.3, 0.4) is 0 Å². The lowest BCUT2D eigenvalue weighted by Gasteiger charge is -2.31. The molecular formula is C19H32N2. The number of hydrogen-bond acceptors (Lipinski definition) is 2. The average Bonchev–Trinajstić information content (AvgIpc) is 2.53. The molecule has 1 aliphatic carbocycles. The SMILES string of the molecule is CCCCN(CCNC1CCCCC1C)c1ccccc1. The molecule has 0 bridgehead atoms. The quantitative estimate of drug-likeness (QED) is 0.759. The van der Waals surface area contributed by atoms with Gasteiger partial charge in [0.15, 0.2) is 0 Å². The van der Waals surface area contributed by atoms with E-state index in [0.717, 1.165) is 25.0 Å². The van der Waals surface area contributed by atoms with Crippen molar-refractivity contribution >= 4 is 5.69 Å². The van der Waals surface area contributed by atoms with Gasteiger partial charge in [-0.15, -0.1) is 0 Å². The molecule has 1 aliphatic rings. The first-order chi connectivity index (χ1) is 10.3. The van der Waals surface area contributed by atoms with Crippen molar-refractivity contribution in [3.8, 4) is 0 Å². The van der Waals surface area contributed by atoms with Gasteiger partial charge in [0.05, 0.1) is 0 Å². The van der Waals surface area contributed by atoms with Crippen LogP contribution >= 0.6 is 0 Å². The summed E-state index contributed by atoms with van der Waals surface area (Å²) in [4.78, 5) is 2.53. The molecule has 0 amide bonds. The largest absolute Gasteiger partial charge is 0.370 e. The summed E-state index contributed by atoms with van der Waals surface area (Å²) in [6.45, 7) is 8.07. The Balaban J connectivity index is 1.81. The maximum Gasteiger partial charge on any atom is 0.0366 e. The van der Waals surface area contributed by atoms with Gasteiger partial charge in [0.25, 0.3) is 0 Å². The summed E-state index contributed by atoms with van der Waals surface area (Å²) in [5.74, 6) is 0.847. The van der Waals surface area contributed by atoms with Crippen LogP contribution in [0.2, 0.25) is 0 Å². The monoisotopic (exact) mass is 288 g/mol. The molecule has 0 heterocycles. The van der Waals surface area contributed by atoms with Crippen LogP contribution in [0, 0.1) is 5.92 Å². The molecule has 2 heteroatoms. The summed E-state index contributed by atoms with van der Waals surface area (Å²) in [6, 6.07) is 11.6. The van der Waals surface area contributed by atoms with Crippen molar-refractivity contribution in [3.63, 3.8) is 0 Å². The zero-order valence-electron chi connectivity index (χ0n) is 13.9. The van der Waals surface area contributed by atoms with Gasteiger partial charge < -0.3 is 10.2 Å². The predicted octanol–water partition coefficient (Wildman–Crippen LogP) is 4.46. The topological polar surface area (TPSA) is 15.3 Å². The van der Waals surface area contributed by atoms with Crippen LogP contribution < -0.4 is 10.2 Å².